The van der Waals surface area contributed by atoms with Crippen LogP contribution in [0, 0.1) is 28.6 Å². The Kier molecular flexibility index (Phi) is 4.69. The lowest BCUT2D eigenvalue weighted by Gasteiger charge is -2.16. The Bertz CT molecular complexity index is 468. The van der Waals surface area contributed by atoms with E-state index in [1.165, 1.54) is 6.92 Å². The molecule has 1 aromatic carbocycles. The van der Waals surface area contributed by atoms with Crippen LogP contribution in [-0.4, -0.2) is 5.78 Å². The van der Waals surface area contributed by atoms with Crippen LogP contribution in [0.3, 0.4) is 0 Å². The number of ketones is 1. The van der Waals surface area contributed by atoms with Gasteiger partial charge in [-0.3, -0.25) is 0 Å². The summed E-state index contributed by atoms with van der Waals surface area (Å²) < 4.78 is 0. The highest BCUT2D eigenvalue weighted by molar-refractivity contribution is 6.30. The van der Waals surface area contributed by atoms with Crippen LogP contribution < -0.4 is 0 Å². The highest BCUT2D eigenvalue weighted by Gasteiger charge is 2.24. The molecule has 0 aliphatic rings. The lowest BCUT2D eigenvalue weighted by molar-refractivity contribution is -0.117. The van der Waals surface area contributed by atoms with Gasteiger partial charge < -0.3 is 4.79 Å². The number of benzene rings is 1. The number of halogens is 1. The minimum absolute atomic E-state index is 0.0413. The van der Waals surface area contributed by atoms with Gasteiger partial charge in [0.15, 0.2) is 0 Å². The maximum Gasteiger partial charge on any atom is 0.140 e. The van der Waals surface area contributed by atoms with Crippen LogP contribution in [0.25, 0.3) is 0 Å². The van der Waals surface area contributed by atoms with Gasteiger partial charge in [-0.15, -0.1) is 0 Å². The molecule has 0 aliphatic carbocycles. The molecule has 0 N–H and O–H groups in total. The fourth-order valence-electron chi connectivity index (χ4n) is 1.66. The van der Waals surface area contributed by atoms with Gasteiger partial charge in [0.05, 0.1) is 12.1 Å². The van der Waals surface area contributed by atoms with Crippen molar-refractivity contribution in [2.75, 3.05) is 0 Å². The normalized spacial score (nSPS) is 11.6. The molecule has 0 aliphatic heterocycles. The summed E-state index contributed by atoms with van der Waals surface area (Å²) in [5.74, 6) is -1.25. The van der Waals surface area contributed by atoms with E-state index in [2.05, 4.69) is 0 Å². The van der Waals surface area contributed by atoms with E-state index < -0.39 is 5.92 Å². The predicted molar refractivity (Wildman–Crippen MR) is 64.2 cm³/mol. The number of nitrogens with zero attached hydrogens (tertiary/aromatic N) is 2. The third kappa shape index (κ3) is 3.59. The third-order valence-corrected chi connectivity index (χ3v) is 2.74. The molecule has 0 bridgehead atoms. The van der Waals surface area contributed by atoms with Gasteiger partial charge in [0.25, 0.3) is 0 Å². The van der Waals surface area contributed by atoms with Crippen molar-refractivity contribution in [3.8, 4) is 12.1 Å². The highest BCUT2D eigenvalue weighted by Crippen LogP contribution is 2.28. The van der Waals surface area contributed by atoms with Crippen LogP contribution in [0.5, 0.6) is 0 Å². The largest absolute Gasteiger partial charge is 0.300 e. The molecule has 3 nitrogen and oxygen atoms in total. The lowest BCUT2D eigenvalue weighted by Crippen LogP contribution is -2.13. The van der Waals surface area contributed by atoms with E-state index in [0.717, 1.165) is 5.56 Å². The summed E-state index contributed by atoms with van der Waals surface area (Å²) in [6.07, 6.45) is 0.188. The molecular weight excluding hydrogens is 236 g/mol. The van der Waals surface area contributed by atoms with Crippen molar-refractivity contribution < 1.29 is 4.79 Å². The van der Waals surface area contributed by atoms with Crippen molar-refractivity contribution >= 4 is 17.4 Å². The maximum atomic E-state index is 11.2. The van der Waals surface area contributed by atoms with E-state index in [1.807, 2.05) is 12.1 Å². The van der Waals surface area contributed by atoms with Crippen molar-refractivity contribution in [2.24, 2.45) is 5.92 Å². The van der Waals surface area contributed by atoms with E-state index >= 15 is 0 Å². The van der Waals surface area contributed by atoms with Gasteiger partial charge in [-0.05, 0) is 24.6 Å². The predicted octanol–water partition coefficient (Wildman–Crippen LogP) is 3.07. The van der Waals surface area contributed by atoms with Crippen molar-refractivity contribution in [3.63, 3.8) is 0 Å². The Balaban J connectivity index is 3.06. The topological polar surface area (TPSA) is 64.7 Å². The van der Waals surface area contributed by atoms with Crippen LogP contribution in [0.1, 0.15) is 24.8 Å². The Morgan fingerprint density at radius 3 is 2.24 bits per heavy atom. The fourth-order valence-corrected chi connectivity index (χ4v) is 1.78. The van der Waals surface area contributed by atoms with Crippen LogP contribution in [0.4, 0.5) is 0 Å². The van der Waals surface area contributed by atoms with Crippen LogP contribution in [0.15, 0.2) is 24.3 Å². The molecule has 0 amide bonds. The van der Waals surface area contributed by atoms with Crippen molar-refractivity contribution in [2.45, 2.75) is 19.3 Å². The number of hydrogen-bond donors (Lipinski definition) is 0. The van der Waals surface area contributed by atoms with Crippen LogP contribution in [-0.2, 0) is 4.79 Å². The quantitative estimate of drug-likeness (QED) is 0.820. The molecule has 86 valence electrons. The maximum absolute atomic E-state index is 11.2. The number of carbonyl (C=O) groups excluding carboxylic acids is 1. The summed E-state index contributed by atoms with van der Waals surface area (Å²) in [7, 11) is 0. The smallest absolute Gasteiger partial charge is 0.140 e. The number of carbonyl (C=O) groups is 1. The Morgan fingerprint density at radius 1 is 1.29 bits per heavy atom. The van der Waals surface area contributed by atoms with E-state index in [9.17, 15) is 4.79 Å². The van der Waals surface area contributed by atoms with E-state index in [0.29, 0.717) is 5.02 Å². The first kappa shape index (κ1) is 13.2. The van der Waals surface area contributed by atoms with Gasteiger partial charge >= 0.3 is 0 Å². The third-order valence-electron chi connectivity index (χ3n) is 2.49. The Hall–Kier alpha value is -1.84. The van der Waals surface area contributed by atoms with E-state index in [-0.39, 0.29) is 18.1 Å². The van der Waals surface area contributed by atoms with Gasteiger partial charge in [0, 0.05) is 17.4 Å². The minimum Gasteiger partial charge on any atom is -0.300 e. The van der Waals surface area contributed by atoms with Gasteiger partial charge in [-0.2, -0.15) is 10.5 Å². The van der Waals surface area contributed by atoms with Gasteiger partial charge in [-0.25, -0.2) is 0 Å². The first-order chi connectivity index (χ1) is 8.08. The molecule has 0 spiro atoms. The van der Waals surface area contributed by atoms with Crippen molar-refractivity contribution in [3.05, 3.63) is 34.9 Å². The van der Waals surface area contributed by atoms with Gasteiger partial charge in [0.1, 0.15) is 11.7 Å². The van der Waals surface area contributed by atoms with Gasteiger partial charge in [-0.1, -0.05) is 23.7 Å². The molecule has 0 radical (unpaired) electrons. The number of Topliss-reactive ketones (excluding diaryl/α,β-unsaturated/α-hetero) is 1. The summed E-state index contributed by atoms with van der Waals surface area (Å²) >= 11 is 5.77. The van der Waals surface area contributed by atoms with Crippen LogP contribution >= 0.6 is 11.6 Å². The second-order valence-corrected chi connectivity index (χ2v) is 4.24. The molecule has 17 heavy (non-hydrogen) atoms. The minimum atomic E-state index is -0.819. The number of nitriles is 2. The zero-order chi connectivity index (χ0) is 12.8. The van der Waals surface area contributed by atoms with E-state index in [4.69, 9.17) is 22.1 Å². The van der Waals surface area contributed by atoms with Gasteiger partial charge in [0.2, 0.25) is 0 Å². The second-order valence-electron chi connectivity index (χ2n) is 3.80. The summed E-state index contributed by atoms with van der Waals surface area (Å²) in [4.78, 5) is 11.2. The first-order valence-electron chi connectivity index (χ1n) is 5.12. The zero-order valence-electron chi connectivity index (χ0n) is 9.35. The molecular formula is C13H11ClN2O. The molecule has 0 fully saturated rings. The molecule has 1 atom stereocenters. The molecule has 1 unspecified atom stereocenters. The SMILES string of the molecule is CC(=O)CC(c1ccc(Cl)cc1)C(C#N)C#N. The molecule has 0 heterocycles. The van der Waals surface area contributed by atoms with Crippen molar-refractivity contribution in [1.29, 1.82) is 10.5 Å². The second kappa shape index (κ2) is 6.03. The molecule has 0 saturated heterocycles. The molecule has 0 saturated carbocycles. The average molecular weight is 247 g/mol. The summed E-state index contributed by atoms with van der Waals surface area (Å²) in [5, 5.41) is 18.4. The molecule has 0 aromatic heterocycles. The average Bonchev–Trinajstić information content (AvgIpc) is 2.30. The molecule has 1 rings (SSSR count). The van der Waals surface area contributed by atoms with Crippen LogP contribution in [0.2, 0.25) is 5.02 Å². The standard InChI is InChI=1S/C13H11ClN2O/c1-9(17)6-13(11(7-15)8-16)10-2-4-12(14)5-3-10/h2-5,11,13H,6H2,1H3. The highest BCUT2D eigenvalue weighted by atomic mass is 35.5. The lowest BCUT2D eigenvalue weighted by atomic mass is 9.84. The molecule has 1 aromatic rings. The summed E-state index contributed by atoms with van der Waals surface area (Å²) in [6, 6.07) is 10.7. The Labute approximate surface area is 105 Å². The summed E-state index contributed by atoms with van der Waals surface area (Å²) in [5.41, 5.74) is 0.790. The zero-order valence-corrected chi connectivity index (χ0v) is 10.1. The number of hydrogen-bond acceptors (Lipinski definition) is 3. The summed E-state index contributed by atoms with van der Waals surface area (Å²) in [6.45, 7) is 1.45. The molecule has 4 heteroatoms. The van der Waals surface area contributed by atoms with E-state index in [1.54, 1.807) is 24.3 Å². The van der Waals surface area contributed by atoms with Crippen molar-refractivity contribution in [1.82, 2.24) is 0 Å². The number of rotatable bonds is 4. The first-order valence-corrected chi connectivity index (χ1v) is 5.50. The fraction of sp³-hybridized carbons (Fsp3) is 0.308. The monoisotopic (exact) mass is 246 g/mol. The Morgan fingerprint density at radius 2 is 1.82 bits per heavy atom.